The van der Waals surface area contributed by atoms with Gasteiger partial charge in [-0.25, -0.2) is 0 Å². The largest absolute Gasteiger partial charge is 0.489 e. The Balaban J connectivity index is 1.93. The van der Waals surface area contributed by atoms with E-state index in [1.807, 2.05) is 35.2 Å². The Morgan fingerprint density at radius 3 is 2.65 bits per heavy atom. The van der Waals surface area contributed by atoms with Crippen LogP contribution in [0, 0.1) is 5.92 Å². The molecule has 1 unspecified atom stereocenters. The molecule has 0 aliphatic carbocycles. The summed E-state index contributed by atoms with van der Waals surface area (Å²) in [5, 5.41) is 0. The highest BCUT2D eigenvalue weighted by atomic mass is 16.5. The normalized spacial score (nSPS) is 19.1. The van der Waals surface area contributed by atoms with Crippen molar-refractivity contribution in [1.29, 1.82) is 0 Å². The van der Waals surface area contributed by atoms with E-state index < -0.39 is 0 Å². The van der Waals surface area contributed by atoms with Gasteiger partial charge in [0, 0.05) is 12.5 Å². The van der Waals surface area contributed by atoms with E-state index in [-0.39, 0.29) is 12.0 Å². The molecule has 1 aliphatic rings. The molecule has 0 saturated carbocycles. The molecule has 1 fully saturated rings. The molecule has 1 saturated heterocycles. The van der Waals surface area contributed by atoms with E-state index in [1.54, 1.807) is 0 Å². The van der Waals surface area contributed by atoms with E-state index in [0.717, 1.165) is 44.5 Å². The number of ether oxygens (including phenoxy) is 1. The second-order valence-corrected chi connectivity index (χ2v) is 5.49. The second kappa shape index (κ2) is 7.32. The van der Waals surface area contributed by atoms with Gasteiger partial charge in [-0.1, -0.05) is 32.0 Å². The van der Waals surface area contributed by atoms with E-state index in [9.17, 15) is 4.79 Å². The van der Waals surface area contributed by atoms with Gasteiger partial charge in [0.25, 0.3) is 0 Å². The molecule has 3 heteroatoms. The fourth-order valence-corrected chi connectivity index (χ4v) is 2.82. The first kappa shape index (κ1) is 14.9. The van der Waals surface area contributed by atoms with Crippen LogP contribution in [0.4, 0.5) is 0 Å². The molecule has 2 rings (SSSR count). The molecule has 1 amide bonds. The maximum absolute atomic E-state index is 12.4. The van der Waals surface area contributed by atoms with Crippen LogP contribution in [0.3, 0.4) is 0 Å². The predicted octanol–water partition coefficient (Wildman–Crippen LogP) is 3.49. The standard InChI is InChI=1S/C17H25NO2/c1-3-14(4-2)17(19)18-12-8-11-16(13-18)20-15-9-6-5-7-10-15/h5-7,9-10,14,16H,3-4,8,11-13H2,1-2H3. The SMILES string of the molecule is CCC(CC)C(=O)N1CCCC(Oc2ccccc2)C1. The van der Waals surface area contributed by atoms with Gasteiger partial charge >= 0.3 is 0 Å². The maximum atomic E-state index is 12.4. The first-order chi connectivity index (χ1) is 9.74. The molecule has 110 valence electrons. The summed E-state index contributed by atoms with van der Waals surface area (Å²) >= 11 is 0. The van der Waals surface area contributed by atoms with E-state index >= 15 is 0 Å². The molecule has 0 spiro atoms. The van der Waals surface area contributed by atoms with Crippen LogP contribution in [0.1, 0.15) is 39.5 Å². The summed E-state index contributed by atoms with van der Waals surface area (Å²) in [4.78, 5) is 14.4. The summed E-state index contributed by atoms with van der Waals surface area (Å²) < 4.78 is 5.99. The zero-order valence-electron chi connectivity index (χ0n) is 12.5. The van der Waals surface area contributed by atoms with Crippen molar-refractivity contribution in [3.63, 3.8) is 0 Å². The topological polar surface area (TPSA) is 29.5 Å². The van der Waals surface area contributed by atoms with Crippen molar-refractivity contribution in [2.75, 3.05) is 13.1 Å². The first-order valence-corrected chi connectivity index (χ1v) is 7.75. The Labute approximate surface area is 121 Å². The van der Waals surface area contributed by atoms with Gasteiger partial charge in [-0.15, -0.1) is 0 Å². The number of piperidine rings is 1. The maximum Gasteiger partial charge on any atom is 0.225 e. The number of rotatable bonds is 5. The molecular weight excluding hydrogens is 250 g/mol. The molecule has 3 nitrogen and oxygen atoms in total. The van der Waals surface area contributed by atoms with Gasteiger partial charge in [-0.05, 0) is 37.8 Å². The third kappa shape index (κ3) is 3.75. The molecule has 1 heterocycles. The van der Waals surface area contributed by atoms with Crippen molar-refractivity contribution in [1.82, 2.24) is 4.90 Å². The molecular formula is C17H25NO2. The van der Waals surface area contributed by atoms with Crippen LogP contribution in [0.2, 0.25) is 0 Å². The van der Waals surface area contributed by atoms with Crippen LogP contribution in [0.25, 0.3) is 0 Å². The van der Waals surface area contributed by atoms with E-state index in [4.69, 9.17) is 4.74 Å². The van der Waals surface area contributed by atoms with E-state index in [2.05, 4.69) is 13.8 Å². The first-order valence-electron chi connectivity index (χ1n) is 7.75. The number of hydrogen-bond acceptors (Lipinski definition) is 2. The number of benzene rings is 1. The fourth-order valence-electron chi connectivity index (χ4n) is 2.82. The van der Waals surface area contributed by atoms with Crippen LogP contribution in [-0.4, -0.2) is 30.0 Å². The van der Waals surface area contributed by atoms with Crippen molar-refractivity contribution >= 4 is 5.91 Å². The lowest BCUT2D eigenvalue weighted by Crippen LogP contribution is -2.46. The quantitative estimate of drug-likeness (QED) is 0.823. The Kier molecular flexibility index (Phi) is 5.45. The molecule has 1 aromatic rings. The van der Waals surface area contributed by atoms with Crippen molar-refractivity contribution in [2.24, 2.45) is 5.92 Å². The Bertz CT molecular complexity index is 414. The highest BCUT2D eigenvalue weighted by Crippen LogP contribution is 2.21. The van der Waals surface area contributed by atoms with Crippen LogP contribution >= 0.6 is 0 Å². The third-order valence-corrected chi connectivity index (χ3v) is 4.07. The van der Waals surface area contributed by atoms with E-state index in [0.29, 0.717) is 5.91 Å². The lowest BCUT2D eigenvalue weighted by atomic mass is 9.99. The highest BCUT2D eigenvalue weighted by Gasteiger charge is 2.28. The number of carbonyl (C=O) groups excluding carboxylic acids is 1. The Hall–Kier alpha value is -1.51. The Morgan fingerprint density at radius 2 is 2.00 bits per heavy atom. The molecule has 1 aliphatic heterocycles. The number of hydrogen-bond donors (Lipinski definition) is 0. The van der Waals surface area contributed by atoms with Gasteiger partial charge in [-0.2, -0.15) is 0 Å². The zero-order chi connectivity index (χ0) is 14.4. The minimum Gasteiger partial charge on any atom is -0.489 e. The average Bonchev–Trinajstić information content (AvgIpc) is 2.49. The van der Waals surface area contributed by atoms with Crippen molar-refractivity contribution in [3.8, 4) is 5.75 Å². The number of nitrogens with zero attached hydrogens (tertiary/aromatic N) is 1. The summed E-state index contributed by atoms with van der Waals surface area (Å²) in [6.07, 6.45) is 4.04. The monoisotopic (exact) mass is 275 g/mol. The number of amides is 1. The Morgan fingerprint density at radius 1 is 1.30 bits per heavy atom. The highest BCUT2D eigenvalue weighted by molar-refractivity contribution is 5.78. The third-order valence-electron chi connectivity index (χ3n) is 4.07. The van der Waals surface area contributed by atoms with Gasteiger partial charge < -0.3 is 9.64 Å². The number of carbonyl (C=O) groups is 1. The summed E-state index contributed by atoms with van der Waals surface area (Å²) in [6.45, 7) is 5.79. The molecule has 0 N–H and O–H groups in total. The predicted molar refractivity (Wildman–Crippen MR) is 80.7 cm³/mol. The van der Waals surface area contributed by atoms with Crippen LogP contribution in [0.5, 0.6) is 5.75 Å². The van der Waals surface area contributed by atoms with E-state index in [1.165, 1.54) is 0 Å². The van der Waals surface area contributed by atoms with Crippen molar-refractivity contribution in [3.05, 3.63) is 30.3 Å². The smallest absolute Gasteiger partial charge is 0.225 e. The van der Waals surface area contributed by atoms with Crippen molar-refractivity contribution < 1.29 is 9.53 Å². The zero-order valence-corrected chi connectivity index (χ0v) is 12.5. The molecule has 1 aromatic carbocycles. The number of likely N-dealkylation sites (tertiary alicyclic amines) is 1. The van der Waals surface area contributed by atoms with Gasteiger partial charge in [-0.3, -0.25) is 4.79 Å². The van der Waals surface area contributed by atoms with Crippen molar-refractivity contribution in [2.45, 2.75) is 45.6 Å². The summed E-state index contributed by atoms with van der Waals surface area (Å²) in [7, 11) is 0. The lowest BCUT2D eigenvalue weighted by Gasteiger charge is -2.34. The van der Waals surface area contributed by atoms with Gasteiger partial charge in [0.15, 0.2) is 0 Å². The summed E-state index contributed by atoms with van der Waals surface area (Å²) in [6, 6.07) is 9.89. The second-order valence-electron chi connectivity index (χ2n) is 5.49. The summed E-state index contributed by atoms with van der Waals surface area (Å²) in [5.74, 6) is 1.37. The minimum absolute atomic E-state index is 0.129. The van der Waals surface area contributed by atoms with Gasteiger partial charge in [0.2, 0.25) is 5.91 Å². The number of para-hydroxylation sites is 1. The van der Waals surface area contributed by atoms with Gasteiger partial charge in [0.1, 0.15) is 11.9 Å². The molecule has 20 heavy (non-hydrogen) atoms. The van der Waals surface area contributed by atoms with Gasteiger partial charge in [0.05, 0.1) is 6.54 Å². The van der Waals surface area contributed by atoms with Crippen LogP contribution in [-0.2, 0) is 4.79 Å². The summed E-state index contributed by atoms with van der Waals surface area (Å²) in [5.41, 5.74) is 0. The molecule has 1 atom stereocenters. The fraction of sp³-hybridized carbons (Fsp3) is 0.588. The molecule has 0 bridgehead atoms. The average molecular weight is 275 g/mol. The molecule has 0 radical (unpaired) electrons. The van der Waals surface area contributed by atoms with Crippen LogP contribution in [0.15, 0.2) is 30.3 Å². The minimum atomic E-state index is 0.129. The lowest BCUT2D eigenvalue weighted by molar-refractivity contribution is -0.138. The van der Waals surface area contributed by atoms with Crippen LogP contribution < -0.4 is 4.74 Å². The molecule has 0 aromatic heterocycles.